The summed E-state index contributed by atoms with van der Waals surface area (Å²) in [6.07, 6.45) is 2.28. The van der Waals surface area contributed by atoms with Crippen LogP contribution in [-0.4, -0.2) is 23.5 Å². The number of carbonyl (C=O) groups excluding carboxylic acids is 1. The largest absolute Gasteiger partial charge is 0.409 e. The van der Waals surface area contributed by atoms with Gasteiger partial charge < -0.3 is 16.3 Å². The maximum atomic E-state index is 12.3. The number of nitrogens with zero attached hydrogens (tertiary/aromatic N) is 1. The SMILES string of the molecule is CC(C)C(CNC(=O)C1(C(N)=NO)CCC1)C(C)C. The topological polar surface area (TPSA) is 87.7 Å². The molecule has 0 aromatic rings. The van der Waals surface area contributed by atoms with Crippen molar-refractivity contribution in [2.24, 2.45) is 34.1 Å². The van der Waals surface area contributed by atoms with Crippen molar-refractivity contribution in [3.63, 3.8) is 0 Å². The van der Waals surface area contributed by atoms with Gasteiger partial charge in [0, 0.05) is 6.54 Å². The molecule has 0 radical (unpaired) electrons. The number of rotatable bonds is 6. The van der Waals surface area contributed by atoms with E-state index < -0.39 is 5.41 Å². The zero-order valence-corrected chi connectivity index (χ0v) is 12.4. The van der Waals surface area contributed by atoms with Crippen molar-refractivity contribution in [2.45, 2.75) is 47.0 Å². The molecule has 19 heavy (non-hydrogen) atoms. The summed E-state index contributed by atoms with van der Waals surface area (Å²) in [4.78, 5) is 12.3. The van der Waals surface area contributed by atoms with E-state index in [1.807, 2.05) is 0 Å². The molecule has 1 fully saturated rings. The fourth-order valence-corrected chi connectivity index (χ4v) is 2.85. The van der Waals surface area contributed by atoms with Crippen LogP contribution in [0.15, 0.2) is 5.16 Å². The number of carbonyl (C=O) groups is 1. The molecule has 0 saturated heterocycles. The second-order valence-corrected chi connectivity index (χ2v) is 6.28. The Hall–Kier alpha value is -1.26. The Morgan fingerprint density at radius 2 is 1.84 bits per heavy atom. The van der Waals surface area contributed by atoms with Crippen LogP contribution in [0.4, 0.5) is 0 Å². The van der Waals surface area contributed by atoms with Crippen LogP contribution >= 0.6 is 0 Å². The number of nitrogens with one attached hydrogen (secondary N) is 1. The Kier molecular flexibility index (Phi) is 5.20. The van der Waals surface area contributed by atoms with E-state index in [9.17, 15) is 4.79 Å². The van der Waals surface area contributed by atoms with E-state index in [2.05, 4.69) is 38.2 Å². The fourth-order valence-electron chi connectivity index (χ4n) is 2.85. The van der Waals surface area contributed by atoms with E-state index in [-0.39, 0.29) is 11.7 Å². The summed E-state index contributed by atoms with van der Waals surface area (Å²) >= 11 is 0. The van der Waals surface area contributed by atoms with Gasteiger partial charge in [-0.3, -0.25) is 4.79 Å². The van der Waals surface area contributed by atoms with Gasteiger partial charge in [0.1, 0.15) is 5.41 Å². The van der Waals surface area contributed by atoms with Gasteiger partial charge >= 0.3 is 0 Å². The van der Waals surface area contributed by atoms with E-state index in [1.54, 1.807) is 0 Å². The maximum Gasteiger partial charge on any atom is 0.233 e. The lowest BCUT2D eigenvalue weighted by Crippen LogP contribution is -2.55. The molecule has 1 aliphatic rings. The minimum atomic E-state index is -0.771. The first-order valence-electron chi connectivity index (χ1n) is 7.11. The maximum absolute atomic E-state index is 12.3. The molecule has 1 aliphatic carbocycles. The molecule has 0 spiro atoms. The molecule has 0 heterocycles. The van der Waals surface area contributed by atoms with Gasteiger partial charge in [-0.25, -0.2) is 0 Å². The van der Waals surface area contributed by atoms with Crippen LogP contribution in [-0.2, 0) is 4.79 Å². The first kappa shape index (κ1) is 15.8. The van der Waals surface area contributed by atoms with Crippen molar-refractivity contribution in [1.82, 2.24) is 5.32 Å². The third-order valence-corrected chi connectivity index (χ3v) is 4.45. The van der Waals surface area contributed by atoms with Crippen molar-refractivity contribution >= 4 is 11.7 Å². The summed E-state index contributed by atoms with van der Waals surface area (Å²) in [5.74, 6) is 1.42. The van der Waals surface area contributed by atoms with Gasteiger partial charge in [0.05, 0.1) is 0 Å². The lowest BCUT2D eigenvalue weighted by Gasteiger charge is -2.39. The molecule has 4 N–H and O–H groups in total. The molecule has 0 aliphatic heterocycles. The van der Waals surface area contributed by atoms with E-state index >= 15 is 0 Å². The summed E-state index contributed by atoms with van der Waals surface area (Å²) in [6, 6.07) is 0. The quantitative estimate of drug-likeness (QED) is 0.298. The predicted molar refractivity (Wildman–Crippen MR) is 75.9 cm³/mol. The van der Waals surface area contributed by atoms with Crippen LogP contribution in [0.2, 0.25) is 0 Å². The molecule has 5 heteroatoms. The zero-order valence-electron chi connectivity index (χ0n) is 12.4. The summed E-state index contributed by atoms with van der Waals surface area (Å²) in [5, 5.41) is 14.8. The van der Waals surface area contributed by atoms with Gasteiger partial charge in [-0.2, -0.15) is 0 Å². The first-order chi connectivity index (χ1) is 8.85. The molecular formula is C14H27N3O2. The van der Waals surface area contributed by atoms with Crippen LogP contribution < -0.4 is 11.1 Å². The van der Waals surface area contributed by atoms with Gasteiger partial charge in [0.2, 0.25) is 5.91 Å². The Morgan fingerprint density at radius 3 is 2.16 bits per heavy atom. The molecule has 0 bridgehead atoms. The summed E-state index contributed by atoms with van der Waals surface area (Å²) in [6.45, 7) is 9.31. The monoisotopic (exact) mass is 269 g/mol. The lowest BCUT2D eigenvalue weighted by molar-refractivity contribution is -0.131. The van der Waals surface area contributed by atoms with Crippen LogP contribution in [0.5, 0.6) is 0 Å². The number of nitrogens with two attached hydrogens (primary N) is 1. The number of amidine groups is 1. The minimum Gasteiger partial charge on any atom is -0.409 e. The molecule has 0 atom stereocenters. The van der Waals surface area contributed by atoms with Crippen LogP contribution in [0.1, 0.15) is 47.0 Å². The molecule has 1 amide bonds. The minimum absolute atomic E-state index is 0.0434. The molecule has 1 saturated carbocycles. The van der Waals surface area contributed by atoms with Crippen LogP contribution in [0, 0.1) is 23.2 Å². The van der Waals surface area contributed by atoms with Crippen LogP contribution in [0.3, 0.4) is 0 Å². The van der Waals surface area contributed by atoms with Crippen molar-refractivity contribution in [3.05, 3.63) is 0 Å². The molecular weight excluding hydrogens is 242 g/mol. The Morgan fingerprint density at radius 1 is 1.32 bits per heavy atom. The van der Waals surface area contributed by atoms with Gasteiger partial charge in [0.15, 0.2) is 5.84 Å². The van der Waals surface area contributed by atoms with Crippen LogP contribution in [0.25, 0.3) is 0 Å². The normalized spacial score (nSPS) is 18.8. The molecule has 0 unspecified atom stereocenters. The summed E-state index contributed by atoms with van der Waals surface area (Å²) in [7, 11) is 0. The first-order valence-corrected chi connectivity index (χ1v) is 7.11. The molecule has 0 aromatic carbocycles. The van der Waals surface area contributed by atoms with E-state index in [0.717, 1.165) is 6.42 Å². The third kappa shape index (κ3) is 3.19. The second-order valence-electron chi connectivity index (χ2n) is 6.28. The van der Waals surface area contributed by atoms with E-state index in [0.29, 0.717) is 37.1 Å². The Labute approximate surface area is 115 Å². The number of amides is 1. The molecule has 1 rings (SSSR count). The Bertz CT molecular complexity index is 339. The zero-order chi connectivity index (χ0) is 14.6. The third-order valence-electron chi connectivity index (χ3n) is 4.45. The average molecular weight is 269 g/mol. The Balaban J connectivity index is 2.64. The lowest BCUT2D eigenvalue weighted by atomic mass is 9.67. The van der Waals surface area contributed by atoms with E-state index in [1.165, 1.54) is 0 Å². The number of hydrogen-bond donors (Lipinski definition) is 3. The van der Waals surface area contributed by atoms with Crippen molar-refractivity contribution in [2.75, 3.05) is 6.54 Å². The van der Waals surface area contributed by atoms with Gasteiger partial charge in [-0.15, -0.1) is 0 Å². The van der Waals surface area contributed by atoms with Gasteiger partial charge in [0.25, 0.3) is 0 Å². The smallest absolute Gasteiger partial charge is 0.233 e. The fraction of sp³-hybridized carbons (Fsp3) is 0.857. The average Bonchev–Trinajstić information content (AvgIpc) is 2.26. The molecule has 110 valence electrons. The highest BCUT2D eigenvalue weighted by Gasteiger charge is 2.48. The van der Waals surface area contributed by atoms with Crippen molar-refractivity contribution < 1.29 is 10.0 Å². The highest BCUT2D eigenvalue weighted by molar-refractivity contribution is 6.07. The van der Waals surface area contributed by atoms with Crippen molar-refractivity contribution in [1.29, 1.82) is 0 Å². The highest BCUT2D eigenvalue weighted by atomic mass is 16.4. The van der Waals surface area contributed by atoms with Gasteiger partial charge in [-0.1, -0.05) is 39.3 Å². The van der Waals surface area contributed by atoms with Gasteiger partial charge in [-0.05, 0) is 30.6 Å². The second kappa shape index (κ2) is 6.26. The molecule has 0 aromatic heterocycles. The summed E-state index contributed by atoms with van der Waals surface area (Å²) in [5.41, 5.74) is 4.91. The molecule has 5 nitrogen and oxygen atoms in total. The van der Waals surface area contributed by atoms with Crippen molar-refractivity contribution in [3.8, 4) is 0 Å². The standard InChI is InChI=1S/C14H27N3O2/c1-9(2)11(10(3)4)8-16-13(18)14(6-5-7-14)12(15)17-19/h9-11,19H,5-8H2,1-4H3,(H2,15,17)(H,16,18). The predicted octanol–water partition coefficient (Wildman–Crippen LogP) is 1.95. The van der Waals surface area contributed by atoms with E-state index in [4.69, 9.17) is 10.9 Å². The number of hydrogen-bond acceptors (Lipinski definition) is 3. The number of oxime groups is 1. The highest BCUT2D eigenvalue weighted by Crippen LogP contribution is 2.41. The summed E-state index contributed by atoms with van der Waals surface area (Å²) < 4.78 is 0.